The van der Waals surface area contributed by atoms with E-state index in [9.17, 15) is 12.8 Å². The fourth-order valence-electron chi connectivity index (χ4n) is 2.61. The van der Waals surface area contributed by atoms with Crippen LogP contribution in [0.4, 0.5) is 4.39 Å². The normalized spacial score (nSPS) is 18.0. The van der Waals surface area contributed by atoms with Crippen LogP contribution < -0.4 is 10.5 Å². The van der Waals surface area contributed by atoms with Crippen molar-refractivity contribution in [2.75, 3.05) is 6.54 Å². The maximum Gasteiger partial charge on any atom is 0.240 e. The van der Waals surface area contributed by atoms with Crippen LogP contribution in [0.15, 0.2) is 23.1 Å². The molecule has 1 fully saturated rings. The number of nitrogens with one attached hydrogen (secondary N) is 1. The quantitative estimate of drug-likeness (QED) is 0.887. The highest BCUT2D eigenvalue weighted by molar-refractivity contribution is 7.89. The summed E-state index contributed by atoms with van der Waals surface area (Å²) in [4.78, 5) is -0.0168. The molecule has 120 valence electrons. The van der Waals surface area contributed by atoms with Crippen molar-refractivity contribution >= 4 is 22.4 Å². The Morgan fingerprint density at radius 3 is 2.52 bits per heavy atom. The number of halogens is 2. The molecule has 0 unspecified atom stereocenters. The van der Waals surface area contributed by atoms with Crippen LogP contribution in [0.1, 0.15) is 37.7 Å². The lowest BCUT2D eigenvalue weighted by Crippen LogP contribution is -2.51. The maximum atomic E-state index is 13.2. The van der Waals surface area contributed by atoms with Gasteiger partial charge >= 0.3 is 0 Å². The number of nitrogens with two attached hydrogens (primary N) is 1. The third kappa shape index (κ3) is 4.64. The molecule has 3 N–H and O–H groups in total. The zero-order valence-electron chi connectivity index (χ0n) is 12.1. The minimum absolute atomic E-state index is 0. The van der Waals surface area contributed by atoms with Crippen LogP contribution >= 0.6 is 12.4 Å². The van der Waals surface area contributed by atoms with Gasteiger partial charge in [-0.15, -0.1) is 12.4 Å². The summed E-state index contributed by atoms with van der Waals surface area (Å²) in [6, 6.07) is 3.75. The molecular formula is C14H22ClFN2O2S. The second-order valence-corrected chi connectivity index (χ2v) is 7.39. The molecule has 0 bridgehead atoms. The monoisotopic (exact) mass is 336 g/mol. The van der Waals surface area contributed by atoms with Crippen LogP contribution in [-0.4, -0.2) is 20.5 Å². The van der Waals surface area contributed by atoms with Gasteiger partial charge in [0.25, 0.3) is 0 Å². The third-order valence-electron chi connectivity index (χ3n) is 3.90. The maximum absolute atomic E-state index is 13.2. The fraction of sp³-hybridized carbons (Fsp3) is 0.571. The average molecular weight is 337 g/mol. The first-order chi connectivity index (χ1) is 9.32. The Labute approximate surface area is 131 Å². The molecule has 7 heteroatoms. The van der Waals surface area contributed by atoms with Gasteiger partial charge in [0, 0.05) is 12.1 Å². The summed E-state index contributed by atoms with van der Waals surface area (Å²) in [5.41, 5.74) is 6.25. The number of benzene rings is 1. The standard InChI is InChI=1S/C14H21FN2O2S.ClH/c1-11-5-6-12(15)9-13(11)20(18,19)17-10-14(16)7-3-2-4-8-14;/h5-6,9,17H,2-4,7-8,10,16H2,1H3;1H. The van der Waals surface area contributed by atoms with Gasteiger partial charge in [-0.1, -0.05) is 25.3 Å². The van der Waals surface area contributed by atoms with Gasteiger partial charge < -0.3 is 5.73 Å². The van der Waals surface area contributed by atoms with E-state index < -0.39 is 21.4 Å². The molecule has 0 heterocycles. The molecule has 1 aromatic carbocycles. The van der Waals surface area contributed by atoms with E-state index in [1.165, 1.54) is 12.1 Å². The van der Waals surface area contributed by atoms with Gasteiger partial charge in [0.1, 0.15) is 5.82 Å². The minimum Gasteiger partial charge on any atom is -0.324 e. The number of hydrogen-bond donors (Lipinski definition) is 2. The Kier molecular flexibility index (Phi) is 6.16. The van der Waals surface area contributed by atoms with E-state index in [1.807, 2.05) is 0 Å². The van der Waals surface area contributed by atoms with Crippen LogP contribution in [0.2, 0.25) is 0 Å². The Hall–Kier alpha value is -0.690. The predicted molar refractivity (Wildman–Crippen MR) is 83.6 cm³/mol. The van der Waals surface area contributed by atoms with Crippen LogP contribution in [0.5, 0.6) is 0 Å². The SMILES string of the molecule is Cc1ccc(F)cc1S(=O)(=O)NCC1(N)CCCCC1.Cl. The summed E-state index contributed by atoms with van der Waals surface area (Å²) >= 11 is 0. The van der Waals surface area contributed by atoms with Gasteiger partial charge in [0.05, 0.1) is 4.90 Å². The van der Waals surface area contributed by atoms with Crippen molar-refractivity contribution in [2.24, 2.45) is 5.73 Å². The fourth-order valence-corrected chi connectivity index (χ4v) is 4.01. The molecule has 0 saturated heterocycles. The van der Waals surface area contributed by atoms with Crippen molar-refractivity contribution in [3.63, 3.8) is 0 Å². The van der Waals surface area contributed by atoms with Gasteiger partial charge in [0.2, 0.25) is 10.0 Å². The van der Waals surface area contributed by atoms with Crippen molar-refractivity contribution in [2.45, 2.75) is 49.5 Å². The second-order valence-electron chi connectivity index (χ2n) is 5.66. The van der Waals surface area contributed by atoms with E-state index in [4.69, 9.17) is 5.73 Å². The van der Waals surface area contributed by atoms with E-state index in [0.717, 1.165) is 38.2 Å². The average Bonchev–Trinajstić information content (AvgIpc) is 2.40. The summed E-state index contributed by atoms with van der Waals surface area (Å²) in [6.07, 6.45) is 4.83. The van der Waals surface area contributed by atoms with Crippen LogP contribution in [0, 0.1) is 12.7 Å². The molecule has 0 atom stereocenters. The van der Waals surface area contributed by atoms with Gasteiger partial charge in [-0.3, -0.25) is 0 Å². The van der Waals surface area contributed by atoms with E-state index in [2.05, 4.69) is 4.72 Å². The number of rotatable bonds is 4. The molecule has 0 aromatic heterocycles. The first-order valence-corrected chi connectivity index (χ1v) is 8.35. The topological polar surface area (TPSA) is 72.2 Å². The molecule has 4 nitrogen and oxygen atoms in total. The Bertz CT molecular complexity index is 587. The lowest BCUT2D eigenvalue weighted by Gasteiger charge is -2.33. The van der Waals surface area contributed by atoms with E-state index in [-0.39, 0.29) is 23.8 Å². The summed E-state index contributed by atoms with van der Waals surface area (Å²) in [7, 11) is -3.72. The molecule has 1 aliphatic carbocycles. The van der Waals surface area contributed by atoms with Gasteiger partial charge in [-0.25, -0.2) is 17.5 Å². The van der Waals surface area contributed by atoms with E-state index in [0.29, 0.717) is 5.56 Å². The third-order valence-corrected chi connectivity index (χ3v) is 5.45. The van der Waals surface area contributed by atoms with Gasteiger partial charge in [0.15, 0.2) is 0 Å². The summed E-state index contributed by atoms with van der Waals surface area (Å²) in [5, 5.41) is 0. The zero-order chi connectivity index (χ0) is 14.8. The Morgan fingerprint density at radius 1 is 1.29 bits per heavy atom. The van der Waals surface area contributed by atoms with Gasteiger partial charge in [-0.05, 0) is 37.5 Å². The van der Waals surface area contributed by atoms with Crippen LogP contribution in [0.25, 0.3) is 0 Å². The van der Waals surface area contributed by atoms with Gasteiger partial charge in [-0.2, -0.15) is 0 Å². The summed E-state index contributed by atoms with van der Waals surface area (Å²) in [5.74, 6) is -0.559. The zero-order valence-corrected chi connectivity index (χ0v) is 13.7. The second kappa shape index (κ2) is 7.05. The van der Waals surface area contributed by atoms with E-state index >= 15 is 0 Å². The first kappa shape index (κ1) is 18.4. The van der Waals surface area contributed by atoms with Crippen molar-refractivity contribution in [3.8, 4) is 0 Å². The lowest BCUT2D eigenvalue weighted by atomic mass is 9.83. The van der Waals surface area contributed by atoms with E-state index in [1.54, 1.807) is 6.92 Å². The lowest BCUT2D eigenvalue weighted by molar-refractivity contribution is 0.296. The molecule has 1 aliphatic rings. The van der Waals surface area contributed by atoms with Crippen LogP contribution in [-0.2, 0) is 10.0 Å². The highest BCUT2D eigenvalue weighted by Crippen LogP contribution is 2.26. The molecule has 0 amide bonds. The number of sulfonamides is 1. The molecular weight excluding hydrogens is 315 g/mol. The summed E-state index contributed by atoms with van der Waals surface area (Å²) in [6.45, 7) is 1.85. The molecule has 0 spiro atoms. The van der Waals surface area contributed by atoms with Crippen molar-refractivity contribution in [1.29, 1.82) is 0 Å². The Morgan fingerprint density at radius 2 is 1.90 bits per heavy atom. The smallest absolute Gasteiger partial charge is 0.240 e. The highest BCUT2D eigenvalue weighted by Gasteiger charge is 2.29. The minimum atomic E-state index is -3.72. The molecule has 2 rings (SSSR count). The summed E-state index contributed by atoms with van der Waals surface area (Å²) < 4.78 is 40.3. The van der Waals surface area contributed by atoms with Crippen LogP contribution in [0.3, 0.4) is 0 Å². The molecule has 1 aromatic rings. The largest absolute Gasteiger partial charge is 0.324 e. The number of aryl methyl sites for hydroxylation is 1. The number of hydrogen-bond acceptors (Lipinski definition) is 3. The predicted octanol–water partition coefficient (Wildman–Crippen LogP) is 2.50. The van der Waals surface area contributed by atoms with Crippen molar-refractivity contribution in [1.82, 2.24) is 4.72 Å². The van der Waals surface area contributed by atoms with Crippen molar-refractivity contribution in [3.05, 3.63) is 29.6 Å². The molecule has 21 heavy (non-hydrogen) atoms. The first-order valence-electron chi connectivity index (χ1n) is 6.87. The molecule has 0 radical (unpaired) electrons. The van der Waals surface area contributed by atoms with Crippen molar-refractivity contribution < 1.29 is 12.8 Å². The molecule has 1 saturated carbocycles. The molecule has 0 aliphatic heterocycles. The highest BCUT2D eigenvalue weighted by atomic mass is 35.5. The Balaban J connectivity index is 0.00000220.